The van der Waals surface area contributed by atoms with E-state index in [-0.39, 0.29) is 16.8 Å². The van der Waals surface area contributed by atoms with Crippen molar-refractivity contribution in [2.45, 2.75) is 56.4 Å². The van der Waals surface area contributed by atoms with E-state index in [4.69, 9.17) is 0 Å². The molecule has 0 spiro atoms. The first-order valence-corrected chi connectivity index (χ1v) is 10.4. The van der Waals surface area contributed by atoms with Crippen molar-refractivity contribution in [2.75, 3.05) is 19.6 Å². The third-order valence-corrected chi connectivity index (χ3v) is 7.12. The third kappa shape index (κ3) is 3.49. The van der Waals surface area contributed by atoms with Gasteiger partial charge in [0, 0.05) is 31.2 Å². The standard InChI is InChI=1S/C18H26N2O3S/c1-15-7-3-6-14-20(15)24(22,23)17-10-8-16(9-11-17)18(21)19-12-4-2-5-13-19/h8-11,15H,2-7,12-14H2,1H3/t15-/m1/s1. The Balaban J connectivity index is 1.77. The predicted molar refractivity (Wildman–Crippen MR) is 93.4 cm³/mol. The van der Waals surface area contributed by atoms with E-state index in [9.17, 15) is 13.2 Å². The van der Waals surface area contributed by atoms with Crippen molar-refractivity contribution >= 4 is 15.9 Å². The first-order chi connectivity index (χ1) is 11.5. The summed E-state index contributed by atoms with van der Waals surface area (Å²) in [5.41, 5.74) is 0.572. The lowest BCUT2D eigenvalue weighted by Gasteiger charge is -2.32. The molecule has 3 rings (SSSR count). The minimum atomic E-state index is -3.47. The summed E-state index contributed by atoms with van der Waals surface area (Å²) >= 11 is 0. The van der Waals surface area contributed by atoms with Gasteiger partial charge >= 0.3 is 0 Å². The van der Waals surface area contributed by atoms with E-state index in [0.717, 1.165) is 45.2 Å². The molecule has 0 N–H and O–H groups in total. The Morgan fingerprint density at radius 3 is 2.21 bits per heavy atom. The number of rotatable bonds is 3. The maximum atomic E-state index is 12.8. The normalized spacial score (nSPS) is 23.2. The molecule has 1 atom stereocenters. The van der Waals surface area contributed by atoms with Crippen molar-refractivity contribution in [1.29, 1.82) is 0 Å². The Morgan fingerprint density at radius 1 is 0.958 bits per heavy atom. The molecule has 2 fully saturated rings. The van der Waals surface area contributed by atoms with Crippen molar-refractivity contribution in [3.63, 3.8) is 0 Å². The second-order valence-corrected chi connectivity index (χ2v) is 8.73. The number of benzene rings is 1. The molecular formula is C18H26N2O3S. The molecule has 1 aromatic rings. The molecule has 1 amide bonds. The summed E-state index contributed by atoms with van der Waals surface area (Å²) in [7, 11) is -3.47. The summed E-state index contributed by atoms with van der Waals surface area (Å²) in [4.78, 5) is 14.6. The fourth-order valence-electron chi connectivity index (χ4n) is 3.61. The molecule has 2 heterocycles. The molecule has 2 saturated heterocycles. The lowest BCUT2D eigenvalue weighted by atomic mass is 10.1. The van der Waals surface area contributed by atoms with Crippen LogP contribution in [0.25, 0.3) is 0 Å². The number of sulfonamides is 1. The maximum Gasteiger partial charge on any atom is 0.253 e. The average Bonchev–Trinajstić information content (AvgIpc) is 2.62. The third-order valence-electron chi connectivity index (χ3n) is 5.09. The number of piperidine rings is 2. The van der Waals surface area contributed by atoms with Gasteiger partial charge in [-0.25, -0.2) is 8.42 Å². The van der Waals surface area contributed by atoms with Gasteiger partial charge in [0.15, 0.2) is 0 Å². The van der Waals surface area contributed by atoms with Gasteiger partial charge in [0.25, 0.3) is 5.91 Å². The highest BCUT2D eigenvalue weighted by molar-refractivity contribution is 7.89. The van der Waals surface area contributed by atoms with Crippen LogP contribution in [0.15, 0.2) is 29.2 Å². The first kappa shape index (κ1) is 17.4. The van der Waals surface area contributed by atoms with E-state index in [1.807, 2.05) is 11.8 Å². The van der Waals surface area contributed by atoms with Crippen LogP contribution in [0.1, 0.15) is 55.8 Å². The second-order valence-electron chi connectivity index (χ2n) is 6.84. The number of carbonyl (C=O) groups is 1. The van der Waals surface area contributed by atoms with Crippen LogP contribution in [0, 0.1) is 0 Å². The van der Waals surface area contributed by atoms with Gasteiger partial charge in [-0.3, -0.25) is 4.79 Å². The fraction of sp³-hybridized carbons (Fsp3) is 0.611. The Morgan fingerprint density at radius 2 is 1.58 bits per heavy atom. The van der Waals surface area contributed by atoms with Gasteiger partial charge < -0.3 is 4.90 Å². The van der Waals surface area contributed by atoms with Crippen LogP contribution in [-0.4, -0.2) is 49.2 Å². The number of nitrogens with zero attached hydrogens (tertiary/aromatic N) is 2. The quantitative estimate of drug-likeness (QED) is 0.842. The molecule has 0 bridgehead atoms. The van der Waals surface area contributed by atoms with Crippen LogP contribution in [0.3, 0.4) is 0 Å². The monoisotopic (exact) mass is 350 g/mol. The van der Waals surface area contributed by atoms with E-state index in [0.29, 0.717) is 12.1 Å². The summed E-state index contributed by atoms with van der Waals surface area (Å²) in [5, 5.41) is 0. The van der Waals surface area contributed by atoms with Crippen molar-refractivity contribution in [3.05, 3.63) is 29.8 Å². The van der Waals surface area contributed by atoms with Crippen LogP contribution < -0.4 is 0 Å². The van der Waals surface area contributed by atoms with E-state index in [1.165, 1.54) is 6.42 Å². The summed E-state index contributed by atoms with van der Waals surface area (Å²) in [5.74, 6) is 0.00462. The second kappa shape index (κ2) is 7.23. The summed E-state index contributed by atoms with van der Waals surface area (Å²) in [6, 6.07) is 6.50. The van der Waals surface area contributed by atoms with Crippen LogP contribution in [0.5, 0.6) is 0 Å². The predicted octanol–water partition coefficient (Wildman–Crippen LogP) is 2.88. The Bertz CT molecular complexity index is 679. The van der Waals surface area contributed by atoms with E-state index < -0.39 is 10.0 Å². The molecular weight excluding hydrogens is 324 g/mol. The minimum Gasteiger partial charge on any atom is -0.339 e. The Labute approximate surface area is 144 Å². The van der Waals surface area contributed by atoms with Gasteiger partial charge in [-0.05, 0) is 63.3 Å². The van der Waals surface area contributed by atoms with Gasteiger partial charge in [0.1, 0.15) is 0 Å². The first-order valence-electron chi connectivity index (χ1n) is 8.91. The molecule has 0 aromatic heterocycles. The molecule has 24 heavy (non-hydrogen) atoms. The molecule has 6 heteroatoms. The molecule has 132 valence electrons. The van der Waals surface area contributed by atoms with Gasteiger partial charge in [-0.15, -0.1) is 0 Å². The van der Waals surface area contributed by atoms with Crippen LogP contribution in [-0.2, 0) is 10.0 Å². The number of hydrogen-bond acceptors (Lipinski definition) is 3. The lowest BCUT2D eigenvalue weighted by molar-refractivity contribution is 0.0724. The number of likely N-dealkylation sites (tertiary alicyclic amines) is 1. The lowest BCUT2D eigenvalue weighted by Crippen LogP contribution is -2.41. The van der Waals surface area contributed by atoms with Crippen molar-refractivity contribution < 1.29 is 13.2 Å². The fourth-order valence-corrected chi connectivity index (χ4v) is 5.31. The van der Waals surface area contributed by atoms with E-state index in [1.54, 1.807) is 28.6 Å². The summed E-state index contributed by atoms with van der Waals surface area (Å²) in [6.45, 7) is 4.14. The van der Waals surface area contributed by atoms with Crippen LogP contribution in [0.4, 0.5) is 0 Å². The van der Waals surface area contributed by atoms with Gasteiger partial charge in [-0.2, -0.15) is 4.31 Å². The molecule has 0 unspecified atom stereocenters. The zero-order valence-corrected chi connectivity index (χ0v) is 15.1. The van der Waals surface area contributed by atoms with Crippen molar-refractivity contribution in [1.82, 2.24) is 9.21 Å². The topological polar surface area (TPSA) is 57.7 Å². The Hall–Kier alpha value is -1.40. The average molecular weight is 350 g/mol. The zero-order valence-electron chi connectivity index (χ0n) is 14.3. The van der Waals surface area contributed by atoms with Crippen LogP contribution in [0.2, 0.25) is 0 Å². The molecule has 0 radical (unpaired) electrons. The molecule has 0 aliphatic carbocycles. The molecule has 2 aliphatic rings. The highest BCUT2D eigenvalue weighted by atomic mass is 32.2. The van der Waals surface area contributed by atoms with Gasteiger partial charge in [0.2, 0.25) is 10.0 Å². The van der Waals surface area contributed by atoms with Crippen molar-refractivity contribution in [3.8, 4) is 0 Å². The Kier molecular flexibility index (Phi) is 5.25. The molecule has 0 saturated carbocycles. The number of hydrogen-bond donors (Lipinski definition) is 0. The SMILES string of the molecule is C[C@@H]1CCCCN1S(=O)(=O)c1ccc(C(=O)N2CCCCC2)cc1. The highest BCUT2D eigenvalue weighted by Gasteiger charge is 2.31. The van der Waals surface area contributed by atoms with Crippen LogP contribution >= 0.6 is 0 Å². The van der Waals surface area contributed by atoms with Crippen molar-refractivity contribution in [2.24, 2.45) is 0 Å². The van der Waals surface area contributed by atoms with E-state index >= 15 is 0 Å². The molecule has 1 aromatic carbocycles. The largest absolute Gasteiger partial charge is 0.339 e. The minimum absolute atomic E-state index is 0.00462. The summed E-state index contributed by atoms with van der Waals surface area (Å²) in [6.07, 6.45) is 6.17. The smallest absolute Gasteiger partial charge is 0.253 e. The van der Waals surface area contributed by atoms with Gasteiger partial charge in [-0.1, -0.05) is 6.42 Å². The summed E-state index contributed by atoms with van der Waals surface area (Å²) < 4.78 is 27.2. The zero-order chi connectivity index (χ0) is 17.2. The van der Waals surface area contributed by atoms with E-state index in [2.05, 4.69) is 0 Å². The molecule has 2 aliphatic heterocycles. The highest BCUT2D eigenvalue weighted by Crippen LogP contribution is 2.25. The number of carbonyl (C=O) groups excluding carboxylic acids is 1. The maximum absolute atomic E-state index is 12.8. The molecule has 5 nitrogen and oxygen atoms in total. The van der Waals surface area contributed by atoms with Gasteiger partial charge in [0.05, 0.1) is 4.90 Å². The number of amides is 1.